The van der Waals surface area contributed by atoms with E-state index in [0.29, 0.717) is 18.0 Å². The van der Waals surface area contributed by atoms with Gasteiger partial charge in [0.15, 0.2) is 0 Å². The highest BCUT2D eigenvalue weighted by Gasteiger charge is 2.42. The predicted octanol–water partition coefficient (Wildman–Crippen LogP) is 5.30. The topological polar surface area (TPSA) is 8.17 Å². The lowest BCUT2D eigenvalue weighted by Gasteiger charge is -2.49. The summed E-state index contributed by atoms with van der Waals surface area (Å²) >= 11 is 1.89. The molecule has 0 radical (unpaired) electrons. The molecule has 3 atom stereocenters. The second kappa shape index (κ2) is 5.58. The Kier molecular flexibility index (Phi) is 3.44. The number of benzene rings is 1. The third kappa shape index (κ3) is 2.19. The maximum absolute atomic E-state index is 4.44. The van der Waals surface area contributed by atoms with Gasteiger partial charge in [-0.15, -0.1) is 11.3 Å². The highest BCUT2D eigenvalue weighted by molar-refractivity contribution is 7.10. The van der Waals surface area contributed by atoms with E-state index in [0.717, 1.165) is 19.4 Å². The van der Waals surface area contributed by atoms with E-state index in [1.807, 2.05) is 11.3 Å². The van der Waals surface area contributed by atoms with Gasteiger partial charge < -0.3 is 4.57 Å². The number of nitrogens with zero attached hydrogens (tertiary/aromatic N) is 2. The Morgan fingerprint density at radius 2 is 1.96 bits per heavy atom. The van der Waals surface area contributed by atoms with Gasteiger partial charge in [0.2, 0.25) is 0 Å². The molecule has 3 aromatic rings. The Bertz CT molecular complexity index is 950. The first kappa shape index (κ1) is 15.4. The van der Waals surface area contributed by atoms with E-state index in [4.69, 9.17) is 0 Å². The molecule has 2 nitrogen and oxygen atoms in total. The first-order valence-corrected chi connectivity index (χ1v) is 10.0. The molecule has 2 aromatic heterocycles. The van der Waals surface area contributed by atoms with Gasteiger partial charge in [0, 0.05) is 47.2 Å². The summed E-state index contributed by atoms with van der Waals surface area (Å²) in [5.41, 5.74) is 5.85. The van der Waals surface area contributed by atoms with Crippen molar-refractivity contribution >= 4 is 22.2 Å². The number of para-hydroxylation sites is 1. The third-order valence-corrected chi connectivity index (χ3v) is 7.44. The van der Waals surface area contributed by atoms with Crippen molar-refractivity contribution in [1.29, 1.82) is 0 Å². The lowest BCUT2D eigenvalue weighted by atomic mass is 9.77. The third-order valence-electron chi connectivity index (χ3n) is 6.46. The van der Waals surface area contributed by atoms with E-state index < -0.39 is 0 Å². The van der Waals surface area contributed by atoms with Crippen molar-refractivity contribution in [2.75, 3.05) is 0 Å². The average molecular weight is 349 g/mol. The maximum atomic E-state index is 4.44. The van der Waals surface area contributed by atoms with Crippen LogP contribution in [0.15, 0.2) is 53.9 Å². The van der Waals surface area contributed by atoms with E-state index in [9.17, 15) is 0 Å². The van der Waals surface area contributed by atoms with Crippen LogP contribution >= 0.6 is 11.3 Å². The smallest absolute Gasteiger partial charge is 0.0486 e. The van der Waals surface area contributed by atoms with Crippen LogP contribution in [0, 0.1) is 5.92 Å². The zero-order valence-electron chi connectivity index (χ0n) is 14.9. The van der Waals surface area contributed by atoms with Gasteiger partial charge in [-0.1, -0.05) is 43.3 Å². The molecule has 0 bridgehead atoms. The monoisotopic (exact) mass is 348 g/mol. The van der Waals surface area contributed by atoms with Crippen molar-refractivity contribution in [2.24, 2.45) is 13.0 Å². The van der Waals surface area contributed by atoms with Gasteiger partial charge in [0.25, 0.3) is 0 Å². The predicted molar refractivity (Wildman–Crippen MR) is 106 cm³/mol. The van der Waals surface area contributed by atoms with E-state index in [2.05, 4.69) is 71.8 Å². The Morgan fingerprint density at radius 1 is 1.12 bits per heavy atom. The molecule has 2 aliphatic heterocycles. The van der Waals surface area contributed by atoms with E-state index in [-0.39, 0.29) is 0 Å². The molecule has 0 N–H and O–H groups in total. The molecular weight excluding hydrogens is 324 g/mol. The molecular formula is C22H24N2S. The number of thiophene rings is 1. The van der Waals surface area contributed by atoms with Gasteiger partial charge in [-0.25, -0.2) is 0 Å². The summed E-state index contributed by atoms with van der Waals surface area (Å²) in [6.45, 7) is 7.87. The standard InChI is InChI=1S/C22H24N2S/c1-14-11-20(22-9-6-10-25-22)24-13-21-17(12-19(24)15(14)2)16-7-4-5-8-18(16)23(21)3/h4-10,15,19-20H,1,11-13H2,2-3H3/t15-,19-,20-/m0/s1. The van der Waals surface area contributed by atoms with Crippen LogP contribution in [-0.4, -0.2) is 15.5 Å². The van der Waals surface area contributed by atoms with Gasteiger partial charge in [-0.05, 0) is 41.8 Å². The van der Waals surface area contributed by atoms with Gasteiger partial charge in [-0.2, -0.15) is 0 Å². The first-order chi connectivity index (χ1) is 12.1. The van der Waals surface area contributed by atoms with Crippen molar-refractivity contribution in [3.63, 3.8) is 0 Å². The van der Waals surface area contributed by atoms with E-state index >= 15 is 0 Å². The molecule has 0 aliphatic carbocycles. The fourth-order valence-electron chi connectivity index (χ4n) is 4.94. The summed E-state index contributed by atoms with van der Waals surface area (Å²) in [6, 6.07) is 14.4. The average Bonchev–Trinajstić information content (AvgIpc) is 3.25. The van der Waals surface area contributed by atoms with Gasteiger partial charge in [-0.3, -0.25) is 4.90 Å². The highest BCUT2D eigenvalue weighted by atomic mass is 32.1. The summed E-state index contributed by atoms with van der Waals surface area (Å²) in [6.07, 6.45) is 2.23. The lowest BCUT2D eigenvalue weighted by Crippen LogP contribution is -2.50. The summed E-state index contributed by atoms with van der Waals surface area (Å²) in [5.74, 6) is 0.559. The Hall–Kier alpha value is -1.84. The Morgan fingerprint density at radius 3 is 2.76 bits per heavy atom. The second-order valence-corrected chi connectivity index (χ2v) is 8.61. The van der Waals surface area contributed by atoms with Crippen molar-refractivity contribution in [3.8, 4) is 0 Å². The summed E-state index contributed by atoms with van der Waals surface area (Å²) < 4.78 is 2.42. The molecule has 1 fully saturated rings. The highest BCUT2D eigenvalue weighted by Crippen LogP contribution is 2.46. The second-order valence-electron chi connectivity index (χ2n) is 7.63. The van der Waals surface area contributed by atoms with Crippen LogP contribution in [0.5, 0.6) is 0 Å². The van der Waals surface area contributed by atoms with Gasteiger partial charge in [0.05, 0.1) is 0 Å². The number of piperidine rings is 1. The SMILES string of the molecule is C=C1C[C@@H](c2cccs2)N2Cc3c(c4ccccc4n3C)C[C@H]2[C@H]1C. The van der Waals surface area contributed by atoms with Crippen molar-refractivity contribution in [3.05, 3.63) is 70.1 Å². The molecule has 2 aliphatic rings. The van der Waals surface area contributed by atoms with Crippen LogP contribution in [0.4, 0.5) is 0 Å². The molecule has 0 unspecified atom stereocenters. The van der Waals surface area contributed by atoms with Gasteiger partial charge in [0.1, 0.15) is 0 Å². The zero-order valence-corrected chi connectivity index (χ0v) is 15.7. The van der Waals surface area contributed by atoms with E-state index in [1.54, 1.807) is 5.56 Å². The fraction of sp³-hybridized carbons (Fsp3) is 0.364. The van der Waals surface area contributed by atoms with Crippen LogP contribution in [-0.2, 0) is 20.0 Å². The Balaban J connectivity index is 1.65. The number of aromatic nitrogens is 1. The molecule has 128 valence electrons. The van der Waals surface area contributed by atoms with Crippen LogP contribution in [0.3, 0.4) is 0 Å². The largest absolute Gasteiger partial charge is 0.346 e. The molecule has 0 spiro atoms. The molecule has 3 heteroatoms. The first-order valence-electron chi connectivity index (χ1n) is 9.17. The Labute approximate surface area is 153 Å². The summed E-state index contributed by atoms with van der Waals surface area (Å²) in [4.78, 5) is 4.24. The normalized spacial score (nSPS) is 26.6. The van der Waals surface area contributed by atoms with Crippen LogP contribution in [0.25, 0.3) is 10.9 Å². The molecule has 25 heavy (non-hydrogen) atoms. The number of aryl methyl sites for hydroxylation is 1. The van der Waals surface area contributed by atoms with Gasteiger partial charge >= 0.3 is 0 Å². The minimum Gasteiger partial charge on any atom is -0.346 e. The molecule has 5 rings (SSSR count). The number of hydrogen-bond acceptors (Lipinski definition) is 2. The van der Waals surface area contributed by atoms with Crippen LogP contribution < -0.4 is 0 Å². The van der Waals surface area contributed by atoms with Crippen molar-refractivity contribution < 1.29 is 0 Å². The maximum Gasteiger partial charge on any atom is 0.0486 e. The number of fused-ring (bicyclic) bond motifs is 4. The number of rotatable bonds is 1. The minimum absolute atomic E-state index is 0.486. The lowest BCUT2D eigenvalue weighted by molar-refractivity contribution is 0.0566. The minimum atomic E-state index is 0.486. The number of hydrogen-bond donors (Lipinski definition) is 0. The molecule has 1 aromatic carbocycles. The molecule has 0 saturated carbocycles. The molecule has 4 heterocycles. The fourth-order valence-corrected chi connectivity index (χ4v) is 5.79. The van der Waals surface area contributed by atoms with Crippen molar-refractivity contribution in [1.82, 2.24) is 9.47 Å². The van der Waals surface area contributed by atoms with Crippen molar-refractivity contribution in [2.45, 2.75) is 38.4 Å². The summed E-state index contributed by atoms with van der Waals surface area (Å²) in [7, 11) is 2.23. The summed E-state index contributed by atoms with van der Waals surface area (Å²) in [5, 5.41) is 3.65. The zero-order chi connectivity index (χ0) is 17.1. The van der Waals surface area contributed by atoms with Crippen LogP contribution in [0.2, 0.25) is 0 Å². The molecule has 1 saturated heterocycles. The van der Waals surface area contributed by atoms with E-state index in [1.165, 1.54) is 27.0 Å². The van der Waals surface area contributed by atoms with Crippen LogP contribution in [0.1, 0.15) is 35.5 Å². The quantitative estimate of drug-likeness (QED) is 0.542. The molecule has 0 amide bonds.